The summed E-state index contributed by atoms with van der Waals surface area (Å²) in [5, 5.41) is 11.3. The second kappa shape index (κ2) is 6.55. The lowest BCUT2D eigenvalue weighted by Gasteiger charge is -2.25. The minimum atomic E-state index is -4.86. The molecule has 8 heteroatoms. The van der Waals surface area contributed by atoms with Gasteiger partial charge in [-0.25, -0.2) is 4.39 Å². The van der Waals surface area contributed by atoms with Gasteiger partial charge >= 0.3 is 12.1 Å². The first-order chi connectivity index (χ1) is 10.7. The number of amides is 1. The Morgan fingerprint density at radius 1 is 1.17 bits per heavy atom. The van der Waals surface area contributed by atoms with Crippen LogP contribution in [-0.2, 0) is 15.8 Å². The Morgan fingerprint density at radius 2 is 1.83 bits per heavy atom. The number of benzene rings is 1. The van der Waals surface area contributed by atoms with Gasteiger partial charge in [-0.2, -0.15) is 13.2 Å². The van der Waals surface area contributed by atoms with Crippen LogP contribution in [0.3, 0.4) is 0 Å². The summed E-state index contributed by atoms with van der Waals surface area (Å²) in [5.41, 5.74) is -1.62. The topological polar surface area (TPSA) is 66.4 Å². The normalized spacial score (nSPS) is 21.7. The summed E-state index contributed by atoms with van der Waals surface area (Å²) < 4.78 is 51.1. The van der Waals surface area contributed by atoms with E-state index >= 15 is 0 Å². The zero-order valence-corrected chi connectivity index (χ0v) is 12.0. The van der Waals surface area contributed by atoms with Gasteiger partial charge in [0.1, 0.15) is 5.82 Å². The van der Waals surface area contributed by atoms with Crippen LogP contribution in [-0.4, -0.2) is 17.0 Å². The molecule has 1 aliphatic carbocycles. The number of hydrogen-bond donors (Lipinski definition) is 2. The molecule has 2 N–H and O–H groups in total. The number of nitrogens with one attached hydrogen (secondary N) is 1. The van der Waals surface area contributed by atoms with E-state index in [0.29, 0.717) is 31.4 Å². The maximum Gasteiger partial charge on any atom is 0.419 e. The van der Waals surface area contributed by atoms with Crippen LogP contribution in [0, 0.1) is 17.7 Å². The summed E-state index contributed by atoms with van der Waals surface area (Å²) in [4.78, 5) is 23.1. The minimum absolute atomic E-state index is 0.147. The number of halogens is 4. The van der Waals surface area contributed by atoms with Gasteiger partial charge in [-0.05, 0) is 37.5 Å². The first-order valence-corrected chi connectivity index (χ1v) is 7.09. The molecule has 0 aliphatic heterocycles. The van der Waals surface area contributed by atoms with Crippen molar-refractivity contribution in [3.8, 4) is 0 Å². The van der Waals surface area contributed by atoms with E-state index < -0.39 is 41.3 Å². The van der Waals surface area contributed by atoms with E-state index in [9.17, 15) is 27.2 Å². The van der Waals surface area contributed by atoms with Crippen LogP contribution in [0.5, 0.6) is 0 Å². The van der Waals surface area contributed by atoms with E-state index in [-0.39, 0.29) is 12.1 Å². The highest BCUT2D eigenvalue weighted by Gasteiger charge is 2.35. The van der Waals surface area contributed by atoms with E-state index in [2.05, 4.69) is 5.32 Å². The molecule has 4 nitrogen and oxygen atoms in total. The molecular formula is C15H15F4NO3. The van der Waals surface area contributed by atoms with Crippen LogP contribution in [0.1, 0.15) is 31.2 Å². The molecule has 0 radical (unpaired) electrons. The average Bonchev–Trinajstić information content (AvgIpc) is 2.48. The lowest BCUT2D eigenvalue weighted by Crippen LogP contribution is -2.31. The average molecular weight is 333 g/mol. The first kappa shape index (κ1) is 17.2. The summed E-state index contributed by atoms with van der Waals surface area (Å²) in [5.74, 6) is -4.15. The molecule has 1 aromatic rings. The van der Waals surface area contributed by atoms with E-state index in [0.717, 1.165) is 6.07 Å². The molecule has 1 aromatic carbocycles. The van der Waals surface area contributed by atoms with Crippen LogP contribution < -0.4 is 5.32 Å². The lowest BCUT2D eigenvalue weighted by atomic mass is 9.81. The number of carbonyl (C=O) groups is 2. The van der Waals surface area contributed by atoms with Crippen LogP contribution in [0.2, 0.25) is 0 Å². The molecule has 0 bridgehead atoms. The van der Waals surface area contributed by atoms with Gasteiger partial charge < -0.3 is 10.4 Å². The Hall–Kier alpha value is -2.12. The summed E-state index contributed by atoms with van der Waals surface area (Å²) >= 11 is 0. The van der Waals surface area contributed by atoms with Gasteiger partial charge in [-0.15, -0.1) is 0 Å². The van der Waals surface area contributed by atoms with Gasteiger partial charge in [-0.1, -0.05) is 6.42 Å². The highest BCUT2D eigenvalue weighted by Crippen LogP contribution is 2.34. The Bertz CT molecular complexity index is 615. The largest absolute Gasteiger partial charge is 0.481 e. The van der Waals surface area contributed by atoms with Gasteiger partial charge in [0.2, 0.25) is 5.91 Å². The summed E-state index contributed by atoms with van der Waals surface area (Å²) in [6.07, 6.45) is -3.19. The minimum Gasteiger partial charge on any atom is -0.481 e. The molecule has 126 valence electrons. The van der Waals surface area contributed by atoms with Crippen molar-refractivity contribution in [1.82, 2.24) is 0 Å². The smallest absolute Gasteiger partial charge is 0.419 e. The first-order valence-electron chi connectivity index (χ1n) is 7.09. The van der Waals surface area contributed by atoms with Gasteiger partial charge in [0.15, 0.2) is 0 Å². The number of anilines is 1. The molecule has 1 saturated carbocycles. The van der Waals surface area contributed by atoms with Crippen molar-refractivity contribution in [3.05, 3.63) is 29.6 Å². The molecule has 23 heavy (non-hydrogen) atoms. The van der Waals surface area contributed by atoms with Gasteiger partial charge in [0.25, 0.3) is 0 Å². The third kappa shape index (κ3) is 4.20. The van der Waals surface area contributed by atoms with E-state index in [1.807, 2.05) is 0 Å². The molecule has 1 amide bonds. The van der Waals surface area contributed by atoms with Gasteiger partial charge in [0.05, 0.1) is 11.5 Å². The number of hydrogen-bond acceptors (Lipinski definition) is 2. The maximum absolute atomic E-state index is 13.2. The predicted molar refractivity (Wildman–Crippen MR) is 73.1 cm³/mol. The van der Waals surface area contributed by atoms with Crippen molar-refractivity contribution in [2.45, 2.75) is 31.9 Å². The predicted octanol–water partition coefficient (Wildman–Crippen LogP) is 3.67. The van der Waals surface area contributed by atoms with Crippen molar-refractivity contribution in [1.29, 1.82) is 0 Å². The summed E-state index contributed by atoms with van der Waals surface area (Å²) in [6, 6.07) is 2.21. The van der Waals surface area contributed by atoms with Gasteiger partial charge in [0, 0.05) is 11.6 Å². The Labute approximate surface area is 129 Å². The number of carboxylic acids is 1. The number of alkyl halides is 3. The number of aliphatic carboxylic acids is 1. The van der Waals surface area contributed by atoms with Crippen molar-refractivity contribution >= 4 is 17.6 Å². The molecule has 2 unspecified atom stereocenters. The van der Waals surface area contributed by atoms with Crippen molar-refractivity contribution < 1.29 is 32.3 Å². The fourth-order valence-corrected chi connectivity index (χ4v) is 2.72. The second-order valence-electron chi connectivity index (χ2n) is 5.58. The molecular weight excluding hydrogens is 318 g/mol. The standard InChI is InChI=1S/C15H15F4NO3/c16-12-5-4-10(7-11(12)15(17,18)19)20-13(21)8-2-1-3-9(6-8)14(22)23/h4-5,7-9H,1-3,6H2,(H,20,21)(H,22,23). The molecule has 2 atom stereocenters. The van der Waals surface area contributed by atoms with Crippen molar-refractivity contribution in [2.75, 3.05) is 5.32 Å². The van der Waals surface area contributed by atoms with Crippen LogP contribution in [0.4, 0.5) is 23.2 Å². The Kier molecular flexibility index (Phi) is 4.91. The Morgan fingerprint density at radius 3 is 2.43 bits per heavy atom. The highest BCUT2D eigenvalue weighted by molar-refractivity contribution is 5.93. The molecule has 0 saturated heterocycles. The Balaban J connectivity index is 2.10. The molecule has 0 spiro atoms. The third-order valence-corrected chi connectivity index (χ3v) is 3.93. The molecule has 1 fully saturated rings. The van der Waals surface area contributed by atoms with Crippen LogP contribution >= 0.6 is 0 Å². The number of carbonyl (C=O) groups excluding carboxylic acids is 1. The fraction of sp³-hybridized carbons (Fsp3) is 0.467. The summed E-state index contributed by atoms with van der Waals surface area (Å²) in [6.45, 7) is 0. The third-order valence-electron chi connectivity index (χ3n) is 3.93. The molecule has 0 heterocycles. The highest BCUT2D eigenvalue weighted by atomic mass is 19.4. The van der Waals surface area contributed by atoms with E-state index in [1.54, 1.807) is 0 Å². The monoisotopic (exact) mass is 333 g/mol. The maximum atomic E-state index is 13.2. The summed E-state index contributed by atoms with van der Waals surface area (Å²) in [7, 11) is 0. The molecule has 2 rings (SSSR count). The van der Waals surface area contributed by atoms with Gasteiger partial charge in [-0.3, -0.25) is 9.59 Å². The van der Waals surface area contributed by atoms with Crippen molar-refractivity contribution in [3.63, 3.8) is 0 Å². The van der Waals surface area contributed by atoms with Crippen molar-refractivity contribution in [2.24, 2.45) is 11.8 Å². The van der Waals surface area contributed by atoms with E-state index in [1.165, 1.54) is 0 Å². The number of carboxylic acid groups (broad SMARTS) is 1. The molecule has 1 aliphatic rings. The zero-order valence-electron chi connectivity index (χ0n) is 12.0. The number of rotatable bonds is 3. The zero-order chi connectivity index (χ0) is 17.2. The van der Waals surface area contributed by atoms with Crippen LogP contribution in [0.15, 0.2) is 18.2 Å². The quantitative estimate of drug-likeness (QED) is 0.830. The fourth-order valence-electron chi connectivity index (χ4n) is 2.72. The van der Waals surface area contributed by atoms with E-state index in [4.69, 9.17) is 5.11 Å². The second-order valence-corrected chi connectivity index (χ2v) is 5.58. The SMILES string of the molecule is O=C(O)C1CCCC(C(=O)Nc2ccc(F)c(C(F)(F)F)c2)C1. The van der Waals surface area contributed by atoms with Crippen LogP contribution in [0.25, 0.3) is 0 Å². The molecule has 0 aromatic heterocycles. The lowest BCUT2D eigenvalue weighted by molar-refractivity contribution is -0.144.